The van der Waals surface area contributed by atoms with Gasteiger partial charge in [-0.25, -0.2) is 9.97 Å². The van der Waals surface area contributed by atoms with Crippen LogP contribution in [0.5, 0.6) is 0 Å². The molecule has 1 aliphatic heterocycles. The SMILES string of the molecule is CCn1c([C@H]2CCCNC2)nc2cccnc21. The Balaban J connectivity index is 2.08. The molecule has 0 unspecified atom stereocenters. The fourth-order valence-corrected chi connectivity index (χ4v) is 2.67. The van der Waals surface area contributed by atoms with Crippen molar-refractivity contribution in [1.82, 2.24) is 19.9 Å². The summed E-state index contributed by atoms with van der Waals surface area (Å²) in [6.07, 6.45) is 4.32. The van der Waals surface area contributed by atoms with Crippen LogP contribution in [0.1, 0.15) is 31.5 Å². The van der Waals surface area contributed by atoms with Crippen molar-refractivity contribution in [3.63, 3.8) is 0 Å². The molecule has 3 heterocycles. The smallest absolute Gasteiger partial charge is 0.159 e. The lowest BCUT2D eigenvalue weighted by atomic mass is 9.99. The van der Waals surface area contributed by atoms with Crippen molar-refractivity contribution in [2.75, 3.05) is 13.1 Å². The molecule has 2 aromatic heterocycles. The van der Waals surface area contributed by atoms with Crippen LogP contribution in [-0.4, -0.2) is 27.6 Å². The minimum atomic E-state index is 0.540. The van der Waals surface area contributed by atoms with Gasteiger partial charge in [0.25, 0.3) is 0 Å². The fraction of sp³-hybridized carbons (Fsp3) is 0.538. The molecule has 1 aliphatic rings. The topological polar surface area (TPSA) is 42.7 Å². The van der Waals surface area contributed by atoms with E-state index in [0.717, 1.165) is 30.8 Å². The van der Waals surface area contributed by atoms with E-state index in [0.29, 0.717) is 5.92 Å². The van der Waals surface area contributed by atoms with Crippen molar-refractivity contribution in [3.8, 4) is 0 Å². The van der Waals surface area contributed by atoms with E-state index in [4.69, 9.17) is 4.98 Å². The lowest BCUT2D eigenvalue weighted by Crippen LogP contribution is -2.30. The number of rotatable bonds is 2. The normalized spacial score (nSPS) is 20.9. The summed E-state index contributed by atoms with van der Waals surface area (Å²) in [4.78, 5) is 9.22. The van der Waals surface area contributed by atoms with Gasteiger partial charge in [-0.05, 0) is 38.4 Å². The maximum Gasteiger partial charge on any atom is 0.159 e. The van der Waals surface area contributed by atoms with Gasteiger partial charge < -0.3 is 9.88 Å². The first kappa shape index (κ1) is 10.7. The van der Waals surface area contributed by atoms with Gasteiger partial charge in [0.2, 0.25) is 0 Å². The predicted octanol–water partition coefficient (Wildman–Crippen LogP) is 1.92. The number of pyridine rings is 1. The number of imidazole rings is 1. The Morgan fingerprint density at radius 1 is 1.53 bits per heavy atom. The van der Waals surface area contributed by atoms with Crippen LogP contribution in [0.15, 0.2) is 18.3 Å². The Bertz CT molecular complexity index is 511. The average Bonchev–Trinajstić information content (AvgIpc) is 2.78. The molecule has 4 heteroatoms. The van der Waals surface area contributed by atoms with Crippen LogP contribution in [0.2, 0.25) is 0 Å². The highest BCUT2D eigenvalue weighted by Crippen LogP contribution is 2.25. The Labute approximate surface area is 101 Å². The molecule has 1 N–H and O–H groups in total. The lowest BCUT2D eigenvalue weighted by Gasteiger charge is -2.22. The van der Waals surface area contributed by atoms with Crippen LogP contribution in [0, 0.1) is 0 Å². The summed E-state index contributed by atoms with van der Waals surface area (Å²) in [5.41, 5.74) is 2.05. The van der Waals surface area contributed by atoms with Crippen molar-refractivity contribution in [3.05, 3.63) is 24.2 Å². The summed E-state index contributed by atoms with van der Waals surface area (Å²) in [7, 11) is 0. The number of hydrogen-bond acceptors (Lipinski definition) is 3. The molecule has 1 saturated heterocycles. The summed E-state index contributed by atoms with van der Waals surface area (Å²) < 4.78 is 2.26. The van der Waals surface area contributed by atoms with Crippen molar-refractivity contribution in [2.45, 2.75) is 32.2 Å². The number of aromatic nitrogens is 3. The Morgan fingerprint density at radius 3 is 3.24 bits per heavy atom. The Morgan fingerprint density at radius 2 is 2.47 bits per heavy atom. The van der Waals surface area contributed by atoms with Crippen LogP contribution in [0.4, 0.5) is 0 Å². The lowest BCUT2D eigenvalue weighted by molar-refractivity contribution is 0.435. The molecule has 0 saturated carbocycles. The maximum absolute atomic E-state index is 4.77. The third-order valence-electron chi connectivity index (χ3n) is 3.51. The summed E-state index contributed by atoms with van der Waals surface area (Å²) in [6.45, 7) is 5.29. The van der Waals surface area contributed by atoms with E-state index in [9.17, 15) is 0 Å². The molecule has 0 aliphatic carbocycles. The molecule has 0 spiro atoms. The molecule has 4 nitrogen and oxygen atoms in total. The van der Waals surface area contributed by atoms with Gasteiger partial charge in [-0.1, -0.05) is 0 Å². The number of piperidine rings is 1. The third kappa shape index (κ3) is 1.82. The first-order valence-electron chi connectivity index (χ1n) is 6.42. The highest BCUT2D eigenvalue weighted by Gasteiger charge is 2.21. The van der Waals surface area contributed by atoms with Crippen LogP contribution in [-0.2, 0) is 6.54 Å². The van der Waals surface area contributed by atoms with Crippen molar-refractivity contribution < 1.29 is 0 Å². The standard InChI is InChI=1S/C13H18N4/c1-2-17-12(10-5-3-7-14-9-10)16-11-6-4-8-15-13(11)17/h4,6,8,10,14H,2-3,5,7,9H2,1H3/t10-/m0/s1. The highest BCUT2D eigenvalue weighted by atomic mass is 15.1. The molecular weight excluding hydrogens is 212 g/mol. The van der Waals surface area contributed by atoms with Gasteiger partial charge in [0.15, 0.2) is 5.65 Å². The fourth-order valence-electron chi connectivity index (χ4n) is 2.67. The molecule has 17 heavy (non-hydrogen) atoms. The van der Waals surface area contributed by atoms with E-state index in [1.807, 2.05) is 18.3 Å². The molecule has 0 radical (unpaired) electrons. The van der Waals surface area contributed by atoms with Crippen LogP contribution in [0.3, 0.4) is 0 Å². The molecule has 3 rings (SSSR count). The summed E-state index contributed by atoms with van der Waals surface area (Å²) >= 11 is 0. The Kier molecular flexibility index (Phi) is 2.81. The van der Waals surface area contributed by atoms with Gasteiger partial charge in [0.05, 0.1) is 0 Å². The van der Waals surface area contributed by atoms with Gasteiger partial charge in [-0.15, -0.1) is 0 Å². The number of fused-ring (bicyclic) bond motifs is 1. The van der Waals surface area contributed by atoms with E-state index in [2.05, 4.69) is 21.8 Å². The predicted molar refractivity (Wildman–Crippen MR) is 68.0 cm³/mol. The first-order chi connectivity index (χ1) is 8.40. The van der Waals surface area contributed by atoms with Gasteiger partial charge >= 0.3 is 0 Å². The Hall–Kier alpha value is -1.42. The van der Waals surface area contributed by atoms with Crippen molar-refractivity contribution in [1.29, 1.82) is 0 Å². The monoisotopic (exact) mass is 230 g/mol. The number of aryl methyl sites for hydroxylation is 1. The van der Waals surface area contributed by atoms with E-state index in [1.165, 1.54) is 18.7 Å². The zero-order chi connectivity index (χ0) is 11.7. The summed E-state index contributed by atoms with van der Waals surface area (Å²) in [5.74, 6) is 1.74. The van der Waals surface area contributed by atoms with E-state index < -0.39 is 0 Å². The zero-order valence-electron chi connectivity index (χ0n) is 10.2. The quantitative estimate of drug-likeness (QED) is 0.857. The van der Waals surface area contributed by atoms with Crippen LogP contribution < -0.4 is 5.32 Å². The molecule has 0 amide bonds. The molecule has 90 valence electrons. The molecule has 0 aromatic carbocycles. The number of nitrogens with zero attached hydrogens (tertiary/aromatic N) is 3. The summed E-state index contributed by atoms with van der Waals surface area (Å²) in [6, 6.07) is 4.01. The first-order valence-corrected chi connectivity index (χ1v) is 6.42. The molecule has 1 atom stereocenters. The van der Waals surface area contributed by atoms with Gasteiger partial charge in [0.1, 0.15) is 11.3 Å². The second kappa shape index (κ2) is 4.45. The minimum Gasteiger partial charge on any atom is -0.316 e. The van der Waals surface area contributed by atoms with E-state index >= 15 is 0 Å². The summed E-state index contributed by atoms with van der Waals surface area (Å²) in [5, 5.41) is 3.46. The van der Waals surface area contributed by atoms with Gasteiger partial charge in [-0.2, -0.15) is 0 Å². The third-order valence-corrected chi connectivity index (χ3v) is 3.51. The maximum atomic E-state index is 4.77. The van der Waals surface area contributed by atoms with Crippen LogP contribution in [0.25, 0.3) is 11.2 Å². The largest absolute Gasteiger partial charge is 0.316 e. The van der Waals surface area contributed by atoms with Gasteiger partial charge in [0, 0.05) is 25.2 Å². The highest BCUT2D eigenvalue weighted by molar-refractivity contribution is 5.71. The van der Waals surface area contributed by atoms with Gasteiger partial charge in [-0.3, -0.25) is 0 Å². The zero-order valence-corrected chi connectivity index (χ0v) is 10.2. The molecule has 1 fully saturated rings. The van der Waals surface area contributed by atoms with Crippen molar-refractivity contribution >= 4 is 11.2 Å². The number of hydrogen-bond donors (Lipinski definition) is 1. The average molecular weight is 230 g/mol. The van der Waals surface area contributed by atoms with E-state index in [1.54, 1.807) is 0 Å². The van der Waals surface area contributed by atoms with E-state index in [-0.39, 0.29) is 0 Å². The second-order valence-electron chi connectivity index (χ2n) is 4.60. The molecule has 0 bridgehead atoms. The second-order valence-corrected chi connectivity index (χ2v) is 4.60. The van der Waals surface area contributed by atoms with Crippen molar-refractivity contribution in [2.24, 2.45) is 0 Å². The minimum absolute atomic E-state index is 0.540. The number of nitrogens with one attached hydrogen (secondary N) is 1. The molecule has 2 aromatic rings. The molecular formula is C13H18N4. The van der Waals surface area contributed by atoms with Crippen LogP contribution >= 0.6 is 0 Å².